The van der Waals surface area contributed by atoms with Gasteiger partial charge in [-0.05, 0) is 18.6 Å². The highest BCUT2D eigenvalue weighted by atomic mass is 16.5. The van der Waals surface area contributed by atoms with Gasteiger partial charge in [0.2, 0.25) is 5.91 Å². The third kappa shape index (κ3) is 5.64. The number of unbranched alkanes of at least 4 members (excludes halogenated alkanes) is 3. The number of methoxy groups -OCH3 is 1. The van der Waals surface area contributed by atoms with E-state index >= 15 is 0 Å². The maximum absolute atomic E-state index is 11.5. The number of carbonyl (C=O) groups excluding carboxylic acids is 1. The van der Waals surface area contributed by atoms with Crippen molar-refractivity contribution in [1.29, 1.82) is 0 Å². The van der Waals surface area contributed by atoms with Gasteiger partial charge in [-0.15, -0.1) is 0 Å². The average Bonchev–Trinajstić information content (AvgIpc) is 2.42. The molecule has 1 aromatic carbocycles. The fourth-order valence-electron chi connectivity index (χ4n) is 1.97. The monoisotopic (exact) mass is 264 g/mol. The number of primary amides is 1. The minimum absolute atomic E-state index is 0.306. The first kappa shape index (κ1) is 15.3. The van der Waals surface area contributed by atoms with Crippen LogP contribution in [0.4, 0.5) is 5.69 Å². The molecule has 4 heteroatoms. The van der Waals surface area contributed by atoms with Crippen LogP contribution in [0.3, 0.4) is 0 Å². The first-order chi connectivity index (χ1) is 9.17. The van der Waals surface area contributed by atoms with E-state index in [9.17, 15) is 4.79 Å². The molecule has 4 nitrogen and oxygen atoms in total. The van der Waals surface area contributed by atoms with Crippen LogP contribution in [-0.2, 0) is 4.79 Å². The van der Waals surface area contributed by atoms with Crippen molar-refractivity contribution >= 4 is 11.6 Å². The van der Waals surface area contributed by atoms with Crippen molar-refractivity contribution in [2.24, 2.45) is 5.73 Å². The van der Waals surface area contributed by atoms with E-state index in [4.69, 9.17) is 10.5 Å². The zero-order valence-corrected chi connectivity index (χ0v) is 11.8. The summed E-state index contributed by atoms with van der Waals surface area (Å²) in [5, 5.41) is 3.18. The molecule has 3 N–H and O–H groups in total. The minimum atomic E-state index is -0.316. The number of anilines is 1. The molecule has 0 aliphatic carbocycles. The highest BCUT2D eigenvalue weighted by molar-refractivity contribution is 5.82. The summed E-state index contributed by atoms with van der Waals surface area (Å²) in [7, 11) is 1.62. The fraction of sp³-hybridized carbons (Fsp3) is 0.533. The van der Waals surface area contributed by atoms with E-state index in [1.165, 1.54) is 12.8 Å². The molecule has 1 aromatic rings. The lowest BCUT2D eigenvalue weighted by molar-refractivity contribution is -0.118. The molecule has 0 heterocycles. The molecule has 1 atom stereocenters. The van der Waals surface area contributed by atoms with E-state index < -0.39 is 0 Å². The summed E-state index contributed by atoms with van der Waals surface area (Å²) in [5.74, 6) is 0.457. The van der Waals surface area contributed by atoms with Crippen LogP contribution in [0.25, 0.3) is 0 Å². The van der Waals surface area contributed by atoms with Crippen molar-refractivity contribution in [2.45, 2.75) is 45.1 Å². The molecule has 1 amide bonds. The van der Waals surface area contributed by atoms with Gasteiger partial charge in [-0.25, -0.2) is 0 Å². The molecule has 106 valence electrons. The average molecular weight is 264 g/mol. The zero-order chi connectivity index (χ0) is 14.1. The maximum atomic E-state index is 11.5. The predicted octanol–water partition coefficient (Wildman–Crippen LogP) is 2.93. The normalized spacial score (nSPS) is 11.9. The van der Waals surface area contributed by atoms with Crippen molar-refractivity contribution in [1.82, 2.24) is 0 Å². The topological polar surface area (TPSA) is 64.3 Å². The second kappa shape index (κ2) is 8.40. The van der Waals surface area contributed by atoms with Gasteiger partial charge < -0.3 is 15.8 Å². The van der Waals surface area contributed by atoms with Gasteiger partial charge in [0, 0.05) is 11.8 Å². The van der Waals surface area contributed by atoms with Crippen LogP contribution in [0.1, 0.15) is 39.0 Å². The molecule has 0 spiro atoms. The van der Waals surface area contributed by atoms with Gasteiger partial charge in [-0.2, -0.15) is 0 Å². The molecular formula is C15H24N2O2. The van der Waals surface area contributed by atoms with Gasteiger partial charge in [0.1, 0.15) is 11.8 Å². The van der Waals surface area contributed by atoms with Crippen molar-refractivity contribution in [2.75, 3.05) is 12.4 Å². The Morgan fingerprint density at radius 1 is 1.37 bits per heavy atom. The van der Waals surface area contributed by atoms with E-state index in [1.807, 2.05) is 24.3 Å². The molecule has 0 saturated carbocycles. The summed E-state index contributed by atoms with van der Waals surface area (Å²) < 4.78 is 5.15. The van der Waals surface area contributed by atoms with Crippen LogP contribution in [0.5, 0.6) is 5.75 Å². The quantitative estimate of drug-likeness (QED) is 0.674. The molecular weight excluding hydrogens is 240 g/mol. The second-order valence-electron chi connectivity index (χ2n) is 4.68. The van der Waals surface area contributed by atoms with Crippen molar-refractivity contribution in [3.63, 3.8) is 0 Å². The summed E-state index contributed by atoms with van der Waals surface area (Å²) in [6, 6.07) is 7.21. The van der Waals surface area contributed by atoms with E-state index in [0.717, 1.165) is 30.7 Å². The van der Waals surface area contributed by atoms with Crippen molar-refractivity contribution in [3.05, 3.63) is 24.3 Å². The Bertz CT molecular complexity index is 393. The van der Waals surface area contributed by atoms with Gasteiger partial charge in [-0.1, -0.05) is 38.7 Å². The second-order valence-corrected chi connectivity index (χ2v) is 4.68. The standard InChI is InChI=1S/C15H24N2O2/c1-3-4-5-6-10-14(15(16)18)17-12-8-7-9-13(11-12)19-2/h7-9,11,14,17H,3-6,10H2,1-2H3,(H2,16,18). The summed E-state index contributed by atoms with van der Waals surface area (Å²) in [6.45, 7) is 2.17. The Morgan fingerprint density at radius 2 is 2.16 bits per heavy atom. The van der Waals surface area contributed by atoms with E-state index in [-0.39, 0.29) is 11.9 Å². The molecule has 0 radical (unpaired) electrons. The maximum Gasteiger partial charge on any atom is 0.239 e. The number of rotatable bonds is 9. The largest absolute Gasteiger partial charge is 0.497 e. The summed E-state index contributed by atoms with van der Waals surface area (Å²) in [5.41, 5.74) is 6.30. The Hall–Kier alpha value is -1.71. The van der Waals surface area contributed by atoms with Crippen LogP contribution in [0, 0.1) is 0 Å². The number of hydrogen-bond donors (Lipinski definition) is 2. The number of benzene rings is 1. The molecule has 0 aromatic heterocycles. The SMILES string of the molecule is CCCCCCC(Nc1cccc(OC)c1)C(N)=O. The smallest absolute Gasteiger partial charge is 0.239 e. The number of nitrogens with two attached hydrogens (primary N) is 1. The van der Waals surface area contributed by atoms with Crippen LogP contribution in [0.15, 0.2) is 24.3 Å². The van der Waals surface area contributed by atoms with Crippen LogP contribution >= 0.6 is 0 Å². The highest BCUT2D eigenvalue weighted by Gasteiger charge is 2.14. The molecule has 0 bridgehead atoms. The Balaban J connectivity index is 2.54. The van der Waals surface area contributed by atoms with Crippen molar-refractivity contribution < 1.29 is 9.53 Å². The molecule has 0 aliphatic heterocycles. The van der Waals surface area contributed by atoms with Gasteiger partial charge in [0.25, 0.3) is 0 Å². The van der Waals surface area contributed by atoms with Crippen molar-refractivity contribution in [3.8, 4) is 5.75 Å². The fourth-order valence-corrected chi connectivity index (χ4v) is 1.97. The van der Waals surface area contributed by atoms with Gasteiger partial charge in [-0.3, -0.25) is 4.79 Å². The molecule has 0 saturated heterocycles. The lowest BCUT2D eigenvalue weighted by Crippen LogP contribution is -2.35. The lowest BCUT2D eigenvalue weighted by Gasteiger charge is -2.17. The van der Waals surface area contributed by atoms with Gasteiger partial charge in [0.05, 0.1) is 7.11 Å². The zero-order valence-electron chi connectivity index (χ0n) is 11.8. The molecule has 1 rings (SSSR count). The van der Waals surface area contributed by atoms with E-state index in [0.29, 0.717) is 0 Å². The molecule has 0 fully saturated rings. The summed E-state index contributed by atoms with van der Waals surface area (Å²) >= 11 is 0. The van der Waals surface area contributed by atoms with E-state index in [1.54, 1.807) is 7.11 Å². The first-order valence-corrected chi connectivity index (χ1v) is 6.87. The number of nitrogens with one attached hydrogen (secondary N) is 1. The number of carbonyl (C=O) groups is 1. The Morgan fingerprint density at radius 3 is 2.79 bits per heavy atom. The first-order valence-electron chi connectivity index (χ1n) is 6.87. The molecule has 0 aliphatic rings. The van der Waals surface area contributed by atoms with Gasteiger partial charge >= 0.3 is 0 Å². The lowest BCUT2D eigenvalue weighted by atomic mass is 10.1. The minimum Gasteiger partial charge on any atom is -0.497 e. The number of ether oxygens (including phenoxy) is 1. The molecule has 19 heavy (non-hydrogen) atoms. The van der Waals surface area contributed by atoms with Crippen LogP contribution < -0.4 is 15.8 Å². The third-order valence-corrected chi connectivity index (χ3v) is 3.10. The van der Waals surface area contributed by atoms with Crippen LogP contribution in [-0.4, -0.2) is 19.1 Å². The van der Waals surface area contributed by atoms with E-state index in [2.05, 4.69) is 12.2 Å². The highest BCUT2D eigenvalue weighted by Crippen LogP contribution is 2.18. The number of amides is 1. The Kier molecular flexibility index (Phi) is 6.79. The molecule has 1 unspecified atom stereocenters. The Labute approximate surface area is 115 Å². The number of hydrogen-bond acceptors (Lipinski definition) is 3. The van der Waals surface area contributed by atoms with Gasteiger partial charge in [0.15, 0.2) is 0 Å². The summed E-state index contributed by atoms with van der Waals surface area (Å²) in [6.07, 6.45) is 5.31. The predicted molar refractivity (Wildman–Crippen MR) is 78.4 cm³/mol. The third-order valence-electron chi connectivity index (χ3n) is 3.10. The van der Waals surface area contributed by atoms with Crippen LogP contribution in [0.2, 0.25) is 0 Å². The summed E-state index contributed by atoms with van der Waals surface area (Å²) in [4.78, 5) is 11.5.